The summed E-state index contributed by atoms with van der Waals surface area (Å²) in [5.74, 6) is -0.587. The Labute approximate surface area is 111 Å². The van der Waals surface area contributed by atoms with Gasteiger partial charge in [-0.3, -0.25) is 4.79 Å². The Morgan fingerprint density at radius 1 is 1.00 bits per heavy atom. The van der Waals surface area contributed by atoms with Gasteiger partial charge in [0.15, 0.2) is 5.60 Å². The average Bonchev–Trinajstić information content (AvgIpc) is 2.78. The van der Waals surface area contributed by atoms with Crippen molar-refractivity contribution in [3.63, 3.8) is 0 Å². The summed E-state index contributed by atoms with van der Waals surface area (Å²) in [7, 11) is 0. The van der Waals surface area contributed by atoms with E-state index in [0.29, 0.717) is 12.1 Å². The van der Waals surface area contributed by atoms with Gasteiger partial charge in [0.25, 0.3) is 5.91 Å². The highest BCUT2D eigenvalue weighted by Crippen LogP contribution is 2.40. The van der Waals surface area contributed by atoms with E-state index in [9.17, 15) is 9.90 Å². The zero-order valence-corrected chi connectivity index (χ0v) is 10.4. The Kier molecular flexibility index (Phi) is 2.84. The van der Waals surface area contributed by atoms with Crippen molar-refractivity contribution in [2.24, 2.45) is 0 Å². The van der Waals surface area contributed by atoms with Crippen molar-refractivity contribution >= 4 is 5.91 Å². The zero-order chi connectivity index (χ0) is 13.3. The van der Waals surface area contributed by atoms with Gasteiger partial charge in [0.05, 0.1) is 0 Å². The molecule has 96 valence electrons. The van der Waals surface area contributed by atoms with Gasteiger partial charge in [-0.15, -0.1) is 0 Å². The van der Waals surface area contributed by atoms with Gasteiger partial charge < -0.3 is 10.4 Å². The normalized spacial score (nSPS) is 26.2. The van der Waals surface area contributed by atoms with Crippen LogP contribution >= 0.6 is 0 Å². The van der Waals surface area contributed by atoms with Gasteiger partial charge in [-0.2, -0.15) is 0 Å². The molecule has 2 atom stereocenters. The molecule has 1 saturated heterocycles. The zero-order valence-electron chi connectivity index (χ0n) is 10.4. The summed E-state index contributed by atoms with van der Waals surface area (Å²) in [5.41, 5.74) is 0.119. The third kappa shape index (κ3) is 1.83. The molecule has 0 radical (unpaired) electrons. The molecule has 1 amide bonds. The van der Waals surface area contributed by atoms with Crippen LogP contribution in [0, 0.1) is 0 Å². The van der Waals surface area contributed by atoms with Crippen LogP contribution in [0.5, 0.6) is 0 Å². The molecule has 19 heavy (non-hydrogen) atoms. The van der Waals surface area contributed by atoms with Crippen molar-refractivity contribution in [3.05, 3.63) is 71.8 Å². The molecule has 1 aliphatic heterocycles. The predicted octanol–water partition coefficient (Wildman–Crippen LogP) is 1.79. The highest BCUT2D eigenvalue weighted by atomic mass is 16.3. The van der Waals surface area contributed by atoms with E-state index in [1.54, 1.807) is 12.1 Å². The molecule has 0 saturated carbocycles. The van der Waals surface area contributed by atoms with Crippen LogP contribution in [0.3, 0.4) is 0 Å². The van der Waals surface area contributed by atoms with E-state index < -0.39 is 5.60 Å². The van der Waals surface area contributed by atoms with E-state index >= 15 is 0 Å². The minimum Gasteiger partial charge on any atom is -0.375 e. The van der Waals surface area contributed by atoms with Gasteiger partial charge >= 0.3 is 0 Å². The Hall–Kier alpha value is -2.13. The molecule has 1 fully saturated rings. The van der Waals surface area contributed by atoms with E-state index in [2.05, 4.69) is 5.32 Å². The van der Waals surface area contributed by atoms with E-state index in [0.717, 1.165) is 5.56 Å². The van der Waals surface area contributed by atoms with Crippen molar-refractivity contribution in [2.75, 3.05) is 6.54 Å². The van der Waals surface area contributed by atoms with Crippen LogP contribution in [0.15, 0.2) is 60.7 Å². The average molecular weight is 253 g/mol. The first-order valence-corrected chi connectivity index (χ1v) is 6.34. The number of amides is 1. The van der Waals surface area contributed by atoms with Gasteiger partial charge in [-0.1, -0.05) is 60.7 Å². The molecule has 2 N–H and O–H groups in total. The molecule has 2 aromatic carbocycles. The SMILES string of the molecule is O=C1NC[C@@H](c2ccccc2)[C@@]1(O)c1ccccc1. The molecule has 0 aliphatic carbocycles. The number of hydrogen-bond donors (Lipinski definition) is 2. The lowest BCUT2D eigenvalue weighted by atomic mass is 9.79. The van der Waals surface area contributed by atoms with Gasteiger partial charge in [0.1, 0.15) is 0 Å². The summed E-state index contributed by atoms with van der Waals surface area (Å²) in [4.78, 5) is 12.1. The van der Waals surface area contributed by atoms with Gasteiger partial charge in [-0.05, 0) is 11.1 Å². The maximum Gasteiger partial charge on any atom is 0.257 e. The topological polar surface area (TPSA) is 49.3 Å². The summed E-state index contributed by atoms with van der Waals surface area (Å²) < 4.78 is 0. The van der Waals surface area contributed by atoms with Crippen LogP contribution in [0.2, 0.25) is 0 Å². The molecular weight excluding hydrogens is 238 g/mol. The van der Waals surface area contributed by atoms with E-state index in [1.165, 1.54) is 0 Å². The molecule has 1 heterocycles. The smallest absolute Gasteiger partial charge is 0.257 e. The third-order valence-corrected chi connectivity index (χ3v) is 3.73. The van der Waals surface area contributed by atoms with Crippen LogP contribution < -0.4 is 5.32 Å². The minimum absolute atomic E-state index is 0.261. The lowest BCUT2D eigenvalue weighted by Crippen LogP contribution is -2.38. The first-order chi connectivity index (χ1) is 9.23. The summed E-state index contributed by atoms with van der Waals surface area (Å²) >= 11 is 0. The second-order valence-electron chi connectivity index (χ2n) is 4.81. The molecule has 1 aliphatic rings. The van der Waals surface area contributed by atoms with Gasteiger partial charge in [0.2, 0.25) is 0 Å². The van der Waals surface area contributed by atoms with Crippen LogP contribution in [0.25, 0.3) is 0 Å². The van der Waals surface area contributed by atoms with E-state index in [1.807, 2.05) is 48.5 Å². The fourth-order valence-corrected chi connectivity index (χ4v) is 2.70. The number of benzene rings is 2. The molecule has 3 heteroatoms. The fourth-order valence-electron chi connectivity index (χ4n) is 2.70. The number of nitrogens with one attached hydrogen (secondary N) is 1. The molecule has 0 aromatic heterocycles. The number of carbonyl (C=O) groups excluding carboxylic acids is 1. The Bertz CT molecular complexity index is 582. The van der Waals surface area contributed by atoms with Crippen molar-refractivity contribution in [1.29, 1.82) is 0 Å². The summed E-state index contributed by atoms with van der Waals surface area (Å²) in [5, 5.41) is 13.7. The predicted molar refractivity (Wildman–Crippen MR) is 72.5 cm³/mol. The van der Waals surface area contributed by atoms with Crippen molar-refractivity contribution in [2.45, 2.75) is 11.5 Å². The summed E-state index contributed by atoms with van der Waals surface area (Å²) in [6, 6.07) is 18.8. The molecule has 3 nitrogen and oxygen atoms in total. The largest absolute Gasteiger partial charge is 0.375 e. The maximum atomic E-state index is 12.1. The number of hydrogen-bond acceptors (Lipinski definition) is 2. The maximum absolute atomic E-state index is 12.1. The lowest BCUT2D eigenvalue weighted by Gasteiger charge is -2.27. The quantitative estimate of drug-likeness (QED) is 0.857. The molecule has 0 unspecified atom stereocenters. The number of aliphatic hydroxyl groups is 1. The van der Waals surface area contributed by atoms with E-state index in [4.69, 9.17) is 0 Å². The monoisotopic (exact) mass is 253 g/mol. The lowest BCUT2D eigenvalue weighted by molar-refractivity contribution is -0.137. The fraction of sp³-hybridized carbons (Fsp3) is 0.188. The molecule has 0 spiro atoms. The van der Waals surface area contributed by atoms with Gasteiger partial charge in [-0.25, -0.2) is 0 Å². The van der Waals surface area contributed by atoms with Crippen LogP contribution in [-0.4, -0.2) is 17.6 Å². The Balaban J connectivity index is 2.09. The summed E-state index contributed by atoms with van der Waals surface area (Å²) in [6.07, 6.45) is 0. The third-order valence-electron chi connectivity index (χ3n) is 3.73. The molecular formula is C16H15NO2. The molecule has 0 bridgehead atoms. The second kappa shape index (κ2) is 4.52. The Morgan fingerprint density at radius 2 is 1.58 bits per heavy atom. The second-order valence-corrected chi connectivity index (χ2v) is 4.81. The van der Waals surface area contributed by atoms with Crippen LogP contribution in [-0.2, 0) is 10.4 Å². The Morgan fingerprint density at radius 3 is 2.21 bits per heavy atom. The van der Waals surface area contributed by atoms with E-state index in [-0.39, 0.29) is 11.8 Å². The first-order valence-electron chi connectivity index (χ1n) is 6.34. The van der Waals surface area contributed by atoms with Crippen molar-refractivity contribution in [3.8, 4) is 0 Å². The highest BCUT2D eigenvalue weighted by molar-refractivity contribution is 5.90. The van der Waals surface area contributed by atoms with Gasteiger partial charge in [0, 0.05) is 12.5 Å². The standard InChI is InChI=1S/C16H15NO2/c18-15-16(19,13-9-5-2-6-10-13)14(11-17-15)12-7-3-1-4-8-12/h1-10,14,19H,11H2,(H,17,18)/t14-,16-/m0/s1. The number of carbonyl (C=O) groups is 1. The summed E-state index contributed by atoms with van der Waals surface area (Å²) in [6.45, 7) is 0.453. The molecule has 3 rings (SSSR count). The first kappa shape index (κ1) is 11.9. The minimum atomic E-state index is -1.48. The highest BCUT2D eigenvalue weighted by Gasteiger charge is 2.50. The van der Waals surface area contributed by atoms with Crippen LogP contribution in [0.4, 0.5) is 0 Å². The van der Waals surface area contributed by atoms with Crippen LogP contribution in [0.1, 0.15) is 17.0 Å². The number of rotatable bonds is 2. The van der Waals surface area contributed by atoms with Crippen molar-refractivity contribution in [1.82, 2.24) is 5.32 Å². The molecule has 2 aromatic rings. The van der Waals surface area contributed by atoms with Crippen molar-refractivity contribution < 1.29 is 9.90 Å².